The van der Waals surface area contributed by atoms with Gasteiger partial charge in [0.15, 0.2) is 6.04 Å². The fourth-order valence-electron chi connectivity index (χ4n) is 3.19. The predicted molar refractivity (Wildman–Crippen MR) is 94.5 cm³/mol. The fourth-order valence-corrected chi connectivity index (χ4v) is 3.31. The maximum atomic E-state index is 12.9. The van der Waals surface area contributed by atoms with Gasteiger partial charge in [0.1, 0.15) is 0 Å². The van der Waals surface area contributed by atoms with Crippen molar-refractivity contribution in [3.05, 3.63) is 29.3 Å². The number of hydrogen-bond donors (Lipinski definition) is 1. The number of rotatable bonds is 5. The lowest BCUT2D eigenvalue weighted by atomic mass is 9.99. The Bertz CT molecular complexity index is 807. The maximum absolute atomic E-state index is 12.9. The van der Waals surface area contributed by atoms with E-state index in [9.17, 15) is 14.7 Å². The summed E-state index contributed by atoms with van der Waals surface area (Å²) in [6, 6.07) is 6.43. The Hall–Kier alpha value is -2.48. The normalized spacial score (nSPS) is 21.0. The second-order valence-corrected chi connectivity index (χ2v) is 6.97. The highest BCUT2D eigenvalue weighted by Gasteiger charge is 2.39. The summed E-state index contributed by atoms with van der Waals surface area (Å²) in [6.45, 7) is 4.34. The molecule has 0 spiro atoms. The first-order chi connectivity index (χ1) is 12.4. The number of carbonyl (C=O) groups is 2. The van der Waals surface area contributed by atoms with E-state index in [1.807, 2.05) is 13.8 Å². The summed E-state index contributed by atoms with van der Waals surface area (Å²) in [5, 5.41) is 22.3. The van der Waals surface area contributed by atoms with E-state index >= 15 is 0 Å². The Morgan fingerprint density at radius 2 is 2.00 bits per heavy atom. The molecule has 0 bridgehead atoms. The number of hydrogen-bond acceptors (Lipinski definition) is 5. The minimum atomic E-state index is -0.871. The molecule has 1 aliphatic rings. The van der Waals surface area contributed by atoms with Crippen LogP contribution < -0.4 is 0 Å². The SMILES string of the molecule is CCC(C(=O)N1C[C@@H](C)[C@H](C(=O)O)C1)n1nnc(-c2ccc(Cl)cc2)n1. The molecule has 9 heteroatoms. The van der Waals surface area contributed by atoms with Gasteiger partial charge < -0.3 is 10.0 Å². The monoisotopic (exact) mass is 377 g/mol. The number of carbonyl (C=O) groups excluding carboxylic acids is 1. The van der Waals surface area contributed by atoms with Gasteiger partial charge in [-0.2, -0.15) is 4.80 Å². The van der Waals surface area contributed by atoms with Crippen LogP contribution in [0.15, 0.2) is 24.3 Å². The summed E-state index contributed by atoms with van der Waals surface area (Å²) in [7, 11) is 0. The van der Waals surface area contributed by atoms with E-state index in [4.69, 9.17) is 11.6 Å². The summed E-state index contributed by atoms with van der Waals surface area (Å²) < 4.78 is 0. The van der Waals surface area contributed by atoms with Crippen LogP contribution in [0.5, 0.6) is 0 Å². The molecule has 1 aromatic heterocycles. The van der Waals surface area contributed by atoms with Gasteiger partial charge in [0, 0.05) is 23.7 Å². The van der Waals surface area contributed by atoms with Gasteiger partial charge >= 0.3 is 5.97 Å². The van der Waals surface area contributed by atoms with E-state index in [0.29, 0.717) is 23.8 Å². The molecule has 1 aromatic carbocycles. The average molecular weight is 378 g/mol. The molecule has 1 amide bonds. The highest BCUT2D eigenvalue weighted by Crippen LogP contribution is 2.26. The lowest BCUT2D eigenvalue weighted by molar-refractivity contribution is -0.142. The molecule has 0 saturated carbocycles. The van der Waals surface area contributed by atoms with Crippen molar-refractivity contribution >= 4 is 23.5 Å². The third-order valence-corrected chi connectivity index (χ3v) is 4.97. The molecule has 3 rings (SSSR count). The number of likely N-dealkylation sites (tertiary alicyclic amines) is 1. The van der Waals surface area contributed by atoms with E-state index in [1.165, 1.54) is 4.80 Å². The summed E-state index contributed by atoms with van der Waals surface area (Å²) >= 11 is 5.88. The number of tetrazole rings is 1. The van der Waals surface area contributed by atoms with Crippen molar-refractivity contribution < 1.29 is 14.7 Å². The van der Waals surface area contributed by atoms with Crippen LogP contribution in [-0.2, 0) is 9.59 Å². The second-order valence-electron chi connectivity index (χ2n) is 6.53. The first kappa shape index (κ1) is 18.3. The zero-order valence-corrected chi connectivity index (χ0v) is 15.3. The Morgan fingerprint density at radius 1 is 1.31 bits per heavy atom. The van der Waals surface area contributed by atoms with Crippen LogP contribution in [0.3, 0.4) is 0 Å². The van der Waals surface area contributed by atoms with Crippen molar-refractivity contribution in [1.82, 2.24) is 25.1 Å². The quantitative estimate of drug-likeness (QED) is 0.856. The van der Waals surface area contributed by atoms with Crippen LogP contribution in [0, 0.1) is 11.8 Å². The van der Waals surface area contributed by atoms with Crippen molar-refractivity contribution in [2.75, 3.05) is 13.1 Å². The molecule has 1 aliphatic heterocycles. The zero-order valence-electron chi connectivity index (χ0n) is 14.5. The molecule has 138 valence electrons. The molecule has 8 nitrogen and oxygen atoms in total. The molecular weight excluding hydrogens is 358 g/mol. The number of aromatic nitrogens is 4. The number of halogens is 1. The van der Waals surface area contributed by atoms with Gasteiger partial charge in [-0.05, 0) is 41.8 Å². The maximum Gasteiger partial charge on any atom is 0.308 e. The average Bonchev–Trinajstić information content (AvgIpc) is 3.23. The molecule has 1 N–H and O–H groups in total. The molecule has 26 heavy (non-hydrogen) atoms. The molecule has 3 atom stereocenters. The highest BCUT2D eigenvalue weighted by atomic mass is 35.5. The van der Waals surface area contributed by atoms with Gasteiger partial charge in [0.05, 0.1) is 5.92 Å². The van der Waals surface area contributed by atoms with E-state index < -0.39 is 17.9 Å². The van der Waals surface area contributed by atoms with Crippen molar-refractivity contribution in [2.45, 2.75) is 26.3 Å². The molecule has 0 aliphatic carbocycles. The smallest absolute Gasteiger partial charge is 0.308 e. The summed E-state index contributed by atoms with van der Waals surface area (Å²) in [6.07, 6.45) is 0.484. The van der Waals surface area contributed by atoms with E-state index in [-0.39, 0.29) is 18.4 Å². The topological polar surface area (TPSA) is 101 Å². The first-order valence-electron chi connectivity index (χ1n) is 8.47. The minimum absolute atomic E-state index is 0.0812. The van der Waals surface area contributed by atoms with Gasteiger partial charge in [-0.15, -0.1) is 10.2 Å². The molecule has 0 radical (unpaired) electrons. The van der Waals surface area contributed by atoms with Gasteiger partial charge in [0.2, 0.25) is 11.7 Å². The number of carboxylic acid groups (broad SMARTS) is 1. The van der Waals surface area contributed by atoms with Crippen LogP contribution in [0.4, 0.5) is 0 Å². The molecule has 1 unspecified atom stereocenters. The molecular formula is C17H20ClN5O3. The van der Waals surface area contributed by atoms with Crippen molar-refractivity contribution in [1.29, 1.82) is 0 Å². The predicted octanol–water partition coefficient (Wildman–Crippen LogP) is 2.12. The summed E-state index contributed by atoms with van der Waals surface area (Å²) in [4.78, 5) is 27.1. The Morgan fingerprint density at radius 3 is 2.58 bits per heavy atom. The third kappa shape index (κ3) is 3.55. The zero-order chi connectivity index (χ0) is 18.8. The largest absolute Gasteiger partial charge is 0.481 e. The molecule has 2 aromatic rings. The Balaban J connectivity index is 1.78. The van der Waals surface area contributed by atoms with Gasteiger partial charge in [-0.1, -0.05) is 25.4 Å². The van der Waals surface area contributed by atoms with Crippen molar-refractivity contribution in [2.24, 2.45) is 11.8 Å². The van der Waals surface area contributed by atoms with Gasteiger partial charge in [-0.3, -0.25) is 9.59 Å². The standard InChI is InChI=1S/C17H20ClN5O3/c1-3-14(16(24)22-8-10(2)13(9-22)17(25)26)23-20-15(19-21-23)11-4-6-12(18)7-5-11/h4-7,10,13-14H,3,8-9H2,1-2H3,(H,25,26)/t10-,13-,14?/m1/s1. The minimum Gasteiger partial charge on any atom is -0.481 e. The van der Waals surface area contributed by atoms with E-state index in [0.717, 1.165) is 5.56 Å². The molecule has 1 fully saturated rings. The van der Waals surface area contributed by atoms with E-state index in [1.54, 1.807) is 29.2 Å². The number of aliphatic carboxylic acids is 1. The van der Waals surface area contributed by atoms with Crippen LogP contribution in [0.2, 0.25) is 5.02 Å². The summed E-state index contributed by atoms with van der Waals surface area (Å²) in [5.41, 5.74) is 0.753. The highest BCUT2D eigenvalue weighted by molar-refractivity contribution is 6.30. The van der Waals surface area contributed by atoms with Crippen LogP contribution in [0.25, 0.3) is 11.4 Å². The molecule has 2 heterocycles. The van der Waals surface area contributed by atoms with Crippen molar-refractivity contribution in [3.63, 3.8) is 0 Å². The number of nitrogens with zero attached hydrogens (tertiary/aromatic N) is 5. The molecule has 1 saturated heterocycles. The fraction of sp³-hybridized carbons (Fsp3) is 0.471. The third-order valence-electron chi connectivity index (χ3n) is 4.72. The van der Waals surface area contributed by atoms with Gasteiger partial charge in [-0.25, -0.2) is 0 Å². The Kier molecular flexibility index (Phi) is 5.22. The number of benzene rings is 1. The second kappa shape index (κ2) is 7.41. The summed E-state index contributed by atoms with van der Waals surface area (Å²) in [5.74, 6) is -1.26. The first-order valence-corrected chi connectivity index (χ1v) is 8.85. The lowest BCUT2D eigenvalue weighted by Crippen LogP contribution is -2.37. The lowest BCUT2D eigenvalue weighted by Gasteiger charge is -2.21. The number of carboxylic acids is 1. The van der Waals surface area contributed by atoms with Crippen molar-refractivity contribution in [3.8, 4) is 11.4 Å². The van der Waals surface area contributed by atoms with Crippen LogP contribution >= 0.6 is 11.6 Å². The van der Waals surface area contributed by atoms with Crippen LogP contribution in [-0.4, -0.2) is 55.2 Å². The Labute approximate surface area is 155 Å². The van der Waals surface area contributed by atoms with Gasteiger partial charge in [0.25, 0.3) is 0 Å². The number of amides is 1. The van der Waals surface area contributed by atoms with E-state index in [2.05, 4.69) is 15.4 Å². The van der Waals surface area contributed by atoms with Crippen LogP contribution in [0.1, 0.15) is 26.3 Å².